The summed E-state index contributed by atoms with van der Waals surface area (Å²) in [5, 5.41) is 0. The molecule has 0 saturated heterocycles. The Hall–Kier alpha value is -2.92. The lowest BCUT2D eigenvalue weighted by Gasteiger charge is -2.18. The maximum absolute atomic E-state index is 13.9. The van der Waals surface area contributed by atoms with Crippen LogP contribution in [0.3, 0.4) is 0 Å². The lowest BCUT2D eigenvalue weighted by atomic mass is 9.99. The van der Waals surface area contributed by atoms with Crippen molar-refractivity contribution in [3.63, 3.8) is 0 Å². The molecule has 1 aromatic heterocycles. The van der Waals surface area contributed by atoms with Gasteiger partial charge in [-0.25, -0.2) is 4.39 Å². The smallest absolute Gasteiger partial charge is 0.164 e. The second-order valence-corrected chi connectivity index (χ2v) is 5.92. The first kappa shape index (κ1) is 17.9. The van der Waals surface area contributed by atoms with Gasteiger partial charge in [0.1, 0.15) is 12.4 Å². The van der Waals surface area contributed by atoms with Crippen LogP contribution in [0.4, 0.5) is 4.39 Å². The second-order valence-electron chi connectivity index (χ2n) is 5.92. The van der Waals surface area contributed by atoms with Crippen LogP contribution >= 0.6 is 0 Å². The maximum Gasteiger partial charge on any atom is 0.164 e. The van der Waals surface area contributed by atoms with Crippen molar-refractivity contribution in [1.82, 2.24) is 4.98 Å². The normalized spacial score (nSPS) is 11.8. The molecule has 0 fully saturated rings. The average molecular weight is 352 g/mol. The van der Waals surface area contributed by atoms with Crippen molar-refractivity contribution >= 4 is 0 Å². The van der Waals surface area contributed by atoms with E-state index < -0.39 is 0 Å². The van der Waals surface area contributed by atoms with Gasteiger partial charge >= 0.3 is 0 Å². The number of methoxy groups -OCH3 is 1. The minimum atomic E-state index is -0.294. The molecule has 0 bridgehead atoms. The van der Waals surface area contributed by atoms with Gasteiger partial charge in [-0.05, 0) is 41.8 Å². The molecule has 2 aromatic carbocycles. The molecular formula is C21H21FN2O2. The number of rotatable bonds is 7. The highest BCUT2D eigenvalue weighted by molar-refractivity contribution is 5.47. The topological polar surface area (TPSA) is 57.4 Å². The number of ether oxygens (including phenoxy) is 2. The van der Waals surface area contributed by atoms with Gasteiger partial charge in [-0.1, -0.05) is 30.3 Å². The van der Waals surface area contributed by atoms with Crippen LogP contribution in [-0.4, -0.2) is 12.1 Å². The molecule has 3 rings (SSSR count). The zero-order valence-corrected chi connectivity index (χ0v) is 14.6. The molecule has 1 unspecified atom stereocenters. The molecule has 0 spiro atoms. The molecule has 5 heteroatoms. The van der Waals surface area contributed by atoms with Gasteiger partial charge < -0.3 is 15.2 Å². The van der Waals surface area contributed by atoms with Crippen molar-refractivity contribution in [3.05, 3.63) is 89.5 Å². The first-order valence-corrected chi connectivity index (χ1v) is 8.36. The number of para-hydroxylation sites is 1. The van der Waals surface area contributed by atoms with Gasteiger partial charge in [0.2, 0.25) is 0 Å². The van der Waals surface area contributed by atoms with E-state index in [1.165, 1.54) is 6.07 Å². The highest BCUT2D eigenvalue weighted by Gasteiger charge is 2.15. The molecule has 0 aliphatic heterocycles. The third-order valence-electron chi connectivity index (χ3n) is 4.18. The number of halogens is 1. The van der Waals surface area contributed by atoms with Crippen LogP contribution in [0.5, 0.6) is 11.5 Å². The van der Waals surface area contributed by atoms with Crippen LogP contribution < -0.4 is 15.2 Å². The van der Waals surface area contributed by atoms with E-state index in [9.17, 15) is 4.39 Å². The Balaban J connectivity index is 1.83. The number of hydrogen-bond donors (Lipinski definition) is 1. The van der Waals surface area contributed by atoms with Gasteiger partial charge in [-0.3, -0.25) is 4.98 Å². The van der Waals surface area contributed by atoms with Crippen molar-refractivity contribution in [2.24, 2.45) is 5.73 Å². The van der Waals surface area contributed by atoms with Gasteiger partial charge in [0, 0.05) is 24.0 Å². The fourth-order valence-corrected chi connectivity index (χ4v) is 2.78. The van der Waals surface area contributed by atoms with Gasteiger partial charge in [0.05, 0.1) is 7.11 Å². The predicted octanol–water partition coefficient (Wildman–Crippen LogP) is 4.05. The van der Waals surface area contributed by atoms with E-state index in [1.54, 1.807) is 37.7 Å². The quantitative estimate of drug-likeness (QED) is 0.697. The maximum atomic E-state index is 13.9. The van der Waals surface area contributed by atoms with Gasteiger partial charge in [0.15, 0.2) is 11.5 Å². The van der Waals surface area contributed by atoms with Crippen LogP contribution in [0, 0.1) is 5.82 Å². The average Bonchev–Trinajstić information content (AvgIpc) is 2.68. The van der Waals surface area contributed by atoms with E-state index in [0.717, 1.165) is 11.1 Å². The molecule has 3 aromatic rings. The van der Waals surface area contributed by atoms with E-state index in [1.807, 2.05) is 30.3 Å². The molecule has 26 heavy (non-hydrogen) atoms. The largest absolute Gasteiger partial charge is 0.493 e. The Bertz CT molecular complexity index is 856. The Morgan fingerprint density at radius 3 is 2.46 bits per heavy atom. The monoisotopic (exact) mass is 352 g/mol. The summed E-state index contributed by atoms with van der Waals surface area (Å²) in [7, 11) is 1.58. The standard InChI is InChI=1S/C21H21FN2O2/c1-25-20-8-4-6-16(13-19(23)15-9-11-24-12-10-15)21(20)26-14-17-5-2-3-7-18(17)22/h2-12,19H,13-14,23H2,1H3. The lowest BCUT2D eigenvalue weighted by molar-refractivity contribution is 0.276. The van der Waals surface area contributed by atoms with Crippen molar-refractivity contribution in [2.75, 3.05) is 7.11 Å². The van der Waals surface area contributed by atoms with Gasteiger partial charge in [0.25, 0.3) is 0 Å². The van der Waals surface area contributed by atoms with Crippen LogP contribution in [0.2, 0.25) is 0 Å². The molecule has 1 atom stereocenters. The lowest BCUT2D eigenvalue weighted by Crippen LogP contribution is -2.14. The summed E-state index contributed by atoms with van der Waals surface area (Å²) < 4.78 is 25.2. The number of pyridine rings is 1. The highest BCUT2D eigenvalue weighted by atomic mass is 19.1. The molecule has 0 amide bonds. The number of nitrogens with two attached hydrogens (primary N) is 1. The number of nitrogens with zero attached hydrogens (tertiary/aromatic N) is 1. The summed E-state index contributed by atoms with van der Waals surface area (Å²) in [4.78, 5) is 4.02. The van der Waals surface area contributed by atoms with Gasteiger partial charge in [-0.2, -0.15) is 0 Å². The SMILES string of the molecule is COc1cccc(CC(N)c2ccncc2)c1OCc1ccccc1F. The summed E-state index contributed by atoms with van der Waals surface area (Å²) in [6.07, 6.45) is 4.00. The van der Waals surface area contributed by atoms with Gasteiger partial charge in [-0.15, -0.1) is 0 Å². The molecule has 4 nitrogen and oxygen atoms in total. The fourth-order valence-electron chi connectivity index (χ4n) is 2.78. The third kappa shape index (κ3) is 4.18. The van der Waals surface area contributed by atoms with Crippen LogP contribution in [0.25, 0.3) is 0 Å². The van der Waals surface area contributed by atoms with Crippen LogP contribution in [0.1, 0.15) is 22.7 Å². The Morgan fingerprint density at radius 1 is 1.00 bits per heavy atom. The van der Waals surface area contributed by atoms with E-state index in [4.69, 9.17) is 15.2 Å². The van der Waals surface area contributed by atoms with Crippen molar-refractivity contribution in [3.8, 4) is 11.5 Å². The number of aromatic nitrogens is 1. The van der Waals surface area contributed by atoms with E-state index in [-0.39, 0.29) is 18.5 Å². The minimum absolute atomic E-state index is 0.116. The summed E-state index contributed by atoms with van der Waals surface area (Å²) >= 11 is 0. The molecule has 2 N–H and O–H groups in total. The van der Waals surface area contributed by atoms with Crippen LogP contribution in [-0.2, 0) is 13.0 Å². The molecule has 134 valence electrons. The summed E-state index contributed by atoms with van der Waals surface area (Å²) in [5.74, 6) is 0.890. The third-order valence-corrected chi connectivity index (χ3v) is 4.18. The van der Waals surface area contributed by atoms with E-state index in [0.29, 0.717) is 23.5 Å². The Labute approximate surface area is 152 Å². The second kappa shape index (κ2) is 8.45. The summed E-state index contributed by atoms with van der Waals surface area (Å²) in [5.41, 5.74) is 8.72. The van der Waals surface area contributed by atoms with Crippen molar-refractivity contribution < 1.29 is 13.9 Å². The van der Waals surface area contributed by atoms with Crippen molar-refractivity contribution in [2.45, 2.75) is 19.1 Å². The molecule has 0 aliphatic rings. The van der Waals surface area contributed by atoms with E-state index in [2.05, 4.69) is 4.98 Å². The number of hydrogen-bond acceptors (Lipinski definition) is 4. The predicted molar refractivity (Wildman–Crippen MR) is 98.6 cm³/mol. The fraction of sp³-hybridized carbons (Fsp3) is 0.190. The Morgan fingerprint density at radius 2 is 1.73 bits per heavy atom. The zero-order chi connectivity index (χ0) is 18.4. The minimum Gasteiger partial charge on any atom is -0.493 e. The molecule has 1 heterocycles. The van der Waals surface area contributed by atoms with E-state index >= 15 is 0 Å². The summed E-state index contributed by atoms with van der Waals surface area (Å²) in [6, 6.07) is 15.8. The molecule has 0 radical (unpaired) electrons. The Kier molecular flexibility index (Phi) is 5.81. The van der Waals surface area contributed by atoms with Crippen LogP contribution in [0.15, 0.2) is 67.0 Å². The molecular weight excluding hydrogens is 331 g/mol. The zero-order valence-electron chi connectivity index (χ0n) is 14.6. The molecule has 0 saturated carbocycles. The molecule has 0 aliphatic carbocycles. The summed E-state index contributed by atoms with van der Waals surface area (Å²) in [6.45, 7) is 0.116. The first-order valence-electron chi connectivity index (χ1n) is 8.36. The van der Waals surface area contributed by atoms with Crippen molar-refractivity contribution in [1.29, 1.82) is 0 Å². The highest BCUT2D eigenvalue weighted by Crippen LogP contribution is 2.34. The first-order chi connectivity index (χ1) is 12.7. The number of benzene rings is 2.